The van der Waals surface area contributed by atoms with Crippen LogP contribution in [0, 0.1) is 5.92 Å². The number of hydrogen-bond donors (Lipinski definition) is 0. The third kappa shape index (κ3) is 5.24. The van der Waals surface area contributed by atoms with Gasteiger partial charge in [0.2, 0.25) is 0 Å². The van der Waals surface area contributed by atoms with Gasteiger partial charge in [0.25, 0.3) is 0 Å². The van der Waals surface area contributed by atoms with Crippen molar-refractivity contribution in [3.8, 4) is 0 Å². The summed E-state index contributed by atoms with van der Waals surface area (Å²) < 4.78 is 24.4. The van der Waals surface area contributed by atoms with E-state index in [0.29, 0.717) is 32.3 Å². The quantitative estimate of drug-likeness (QED) is 0.506. The van der Waals surface area contributed by atoms with E-state index in [-0.39, 0.29) is 23.7 Å². The van der Waals surface area contributed by atoms with Crippen LogP contribution in [0.4, 0.5) is 10.5 Å². The number of hydrogen-bond acceptors (Lipinski definition) is 9. The second-order valence-electron chi connectivity index (χ2n) is 11.7. The van der Waals surface area contributed by atoms with E-state index in [0.717, 1.165) is 87.9 Å². The third-order valence-corrected chi connectivity index (χ3v) is 9.37. The Hall–Kier alpha value is -2.99. The van der Waals surface area contributed by atoms with Crippen LogP contribution in [0.15, 0.2) is 41.7 Å². The number of piperazine rings is 1. The van der Waals surface area contributed by atoms with Gasteiger partial charge in [-0.2, -0.15) is 5.10 Å². The van der Waals surface area contributed by atoms with Crippen molar-refractivity contribution in [2.24, 2.45) is 10.9 Å². The number of piperidine rings is 1. The maximum atomic E-state index is 12.5. The monoisotopic (exact) mass is 564 g/mol. The van der Waals surface area contributed by atoms with Gasteiger partial charge in [0, 0.05) is 76.3 Å². The molecule has 5 aliphatic rings. The lowest BCUT2D eigenvalue weighted by molar-refractivity contribution is -0.133. The van der Waals surface area contributed by atoms with Gasteiger partial charge in [-0.1, -0.05) is 6.08 Å². The van der Waals surface area contributed by atoms with Crippen LogP contribution in [-0.2, 0) is 18.9 Å². The molecule has 0 N–H and O–H groups in total. The van der Waals surface area contributed by atoms with Gasteiger partial charge in [-0.25, -0.2) is 9.31 Å². The Labute approximate surface area is 240 Å². The molecule has 0 spiro atoms. The van der Waals surface area contributed by atoms with Crippen LogP contribution >= 0.6 is 0 Å². The molecular weight excluding hydrogens is 524 g/mol. The van der Waals surface area contributed by atoms with E-state index in [1.807, 2.05) is 10.7 Å². The summed E-state index contributed by atoms with van der Waals surface area (Å²) in [5.74, 6) is 0.275. The number of aliphatic imine (C=N–C) groups is 1. The minimum atomic E-state index is -0.243. The van der Waals surface area contributed by atoms with Crippen molar-refractivity contribution < 1.29 is 23.7 Å². The molecule has 11 heteroatoms. The lowest BCUT2D eigenvalue weighted by Gasteiger charge is -2.48. The largest absolute Gasteiger partial charge is 0.441 e. The Kier molecular flexibility index (Phi) is 7.44. The maximum absolute atomic E-state index is 12.5. The summed E-state index contributed by atoms with van der Waals surface area (Å²) in [6, 6.07) is 4.82. The number of nitrogens with zero attached hydrogens (tertiary/aromatic N) is 6. The summed E-state index contributed by atoms with van der Waals surface area (Å²) >= 11 is 0. The van der Waals surface area contributed by atoms with Gasteiger partial charge in [-0.3, -0.25) is 9.89 Å². The number of dihydropyridines is 1. The SMILES string of the molecule is CCOC1(C2C=CC(c3cc4c(N5CCN(C(=O)OC6COC6)CC5)ccnn4c3)=NC2)CCN(C2COC2)CC1. The van der Waals surface area contributed by atoms with Crippen molar-refractivity contribution >= 4 is 23.0 Å². The molecule has 0 aliphatic carbocycles. The van der Waals surface area contributed by atoms with E-state index >= 15 is 0 Å². The molecule has 0 saturated carbocycles. The van der Waals surface area contributed by atoms with Crippen LogP contribution in [0.2, 0.25) is 0 Å². The highest BCUT2D eigenvalue weighted by atomic mass is 16.6. The van der Waals surface area contributed by atoms with E-state index in [4.69, 9.17) is 23.9 Å². The van der Waals surface area contributed by atoms with Gasteiger partial charge < -0.3 is 28.7 Å². The minimum Gasteiger partial charge on any atom is -0.441 e. The second kappa shape index (κ2) is 11.4. The Morgan fingerprint density at radius 1 is 1.07 bits per heavy atom. The van der Waals surface area contributed by atoms with Crippen LogP contribution in [0.1, 0.15) is 25.3 Å². The standard InChI is InChI=1S/C30H40N6O5/c1-2-40-30(6-9-33(10-7-30)24-18-38-19-24)23-3-4-26(31-16-23)22-15-28-27(5-8-32-36(28)17-22)34-11-13-35(14-12-34)29(37)41-25-20-39-21-25/h3-5,8,15,17,23-25H,2,6-7,9-14,16,18-21H2,1H3. The van der Waals surface area contributed by atoms with Crippen molar-refractivity contribution in [2.45, 2.75) is 37.5 Å². The van der Waals surface area contributed by atoms with Crippen LogP contribution in [0.3, 0.4) is 0 Å². The average molecular weight is 565 g/mol. The van der Waals surface area contributed by atoms with Crippen LogP contribution in [-0.4, -0.2) is 128 Å². The highest BCUT2D eigenvalue weighted by molar-refractivity contribution is 6.10. The molecule has 220 valence electrons. The first kappa shape index (κ1) is 26.9. The minimum absolute atomic E-state index is 0.100. The molecule has 5 aliphatic heterocycles. The molecule has 2 aromatic rings. The van der Waals surface area contributed by atoms with E-state index in [9.17, 15) is 4.79 Å². The zero-order chi connectivity index (χ0) is 27.8. The van der Waals surface area contributed by atoms with Crippen molar-refractivity contribution in [1.82, 2.24) is 19.4 Å². The Balaban J connectivity index is 1.01. The van der Waals surface area contributed by atoms with Crippen molar-refractivity contribution in [3.05, 3.63) is 42.2 Å². The first-order chi connectivity index (χ1) is 20.1. The highest BCUT2D eigenvalue weighted by Crippen LogP contribution is 2.38. The lowest BCUT2D eigenvalue weighted by Crippen LogP contribution is -2.57. The molecule has 2 aromatic heterocycles. The van der Waals surface area contributed by atoms with Gasteiger partial charge in [-0.15, -0.1) is 0 Å². The van der Waals surface area contributed by atoms with Crippen LogP contribution in [0.5, 0.6) is 0 Å². The van der Waals surface area contributed by atoms with Crippen molar-refractivity contribution in [2.75, 3.05) is 83.7 Å². The molecule has 1 atom stereocenters. The van der Waals surface area contributed by atoms with Crippen LogP contribution < -0.4 is 4.90 Å². The van der Waals surface area contributed by atoms with Gasteiger partial charge in [0.05, 0.1) is 55.0 Å². The Bertz CT molecular complexity index is 1300. The molecule has 4 fully saturated rings. The lowest BCUT2D eigenvalue weighted by atomic mass is 9.77. The molecule has 0 aromatic carbocycles. The van der Waals surface area contributed by atoms with Gasteiger partial charge in [-0.05, 0) is 38.0 Å². The number of likely N-dealkylation sites (tertiary alicyclic amines) is 1. The summed E-state index contributed by atoms with van der Waals surface area (Å²) in [4.78, 5) is 24.2. The normalized spacial score (nSPS) is 25.6. The summed E-state index contributed by atoms with van der Waals surface area (Å²) in [5.41, 5.74) is 4.06. The summed E-state index contributed by atoms with van der Waals surface area (Å²) in [6.07, 6.45) is 10.1. The number of rotatable bonds is 7. The first-order valence-electron chi connectivity index (χ1n) is 15.1. The van der Waals surface area contributed by atoms with E-state index in [1.54, 1.807) is 4.90 Å². The van der Waals surface area contributed by atoms with Crippen molar-refractivity contribution in [3.63, 3.8) is 0 Å². The molecule has 7 rings (SSSR count). The summed E-state index contributed by atoms with van der Waals surface area (Å²) in [6.45, 7) is 11.1. The molecule has 0 radical (unpaired) electrons. The number of allylic oxidation sites excluding steroid dienone is 1. The molecule has 0 bridgehead atoms. The van der Waals surface area contributed by atoms with Gasteiger partial charge in [0.15, 0.2) is 6.10 Å². The van der Waals surface area contributed by atoms with Crippen molar-refractivity contribution in [1.29, 1.82) is 0 Å². The van der Waals surface area contributed by atoms with Gasteiger partial charge >= 0.3 is 6.09 Å². The number of amides is 1. The molecule has 1 unspecified atom stereocenters. The number of carbonyl (C=O) groups excluding carboxylic acids is 1. The molecule has 4 saturated heterocycles. The summed E-state index contributed by atoms with van der Waals surface area (Å²) in [5, 5.41) is 4.58. The molecule has 1 amide bonds. The predicted molar refractivity (Wildman–Crippen MR) is 154 cm³/mol. The molecule has 41 heavy (non-hydrogen) atoms. The number of aromatic nitrogens is 2. The highest BCUT2D eigenvalue weighted by Gasteiger charge is 2.43. The third-order valence-electron chi connectivity index (χ3n) is 9.37. The summed E-state index contributed by atoms with van der Waals surface area (Å²) in [7, 11) is 0. The zero-order valence-electron chi connectivity index (χ0n) is 23.8. The fourth-order valence-corrected chi connectivity index (χ4v) is 6.69. The fourth-order valence-electron chi connectivity index (χ4n) is 6.69. The predicted octanol–water partition coefficient (Wildman–Crippen LogP) is 2.24. The number of carbonyl (C=O) groups is 1. The van der Waals surface area contributed by atoms with E-state index < -0.39 is 0 Å². The molecule has 7 heterocycles. The fraction of sp³-hybridized carbons (Fsp3) is 0.633. The van der Waals surface area contributed by atoms with E-state index in [1.165, 1.54) is 0 Å². The Morgan fingerprint density at radius 3 is 2.49 bits per heavy atom. The van der Waals surface area contributed by atoms with E-state index in [2.05, 4.69) is 52.3 Å². The smallest absolute Gasteiger partial charge is 0.410 e. The zero-order valence-corrected chi connectivity index (χ0v) is 23.8. The van der Waals surface area contributed by atoms with Gasteiger partial charge in [0.1, 0.15) is 0 Å². The number of fused-ring (bicyclic) bond motifs is 1. The Morgan fingerprint density at radius 2 is 1.85 bits per heavy atom. The van der Waals surface area contributed by atoms with Crippen LogP contribution in [0.25, 0.3) is 5.52 Å². The molecule has 11 nitrogen and oxygen atoms in total. The number of anilines is 1. The average Bonchev–Trinajstić information content (AvgIpc) is 3.40. The molecular formula is C30H40N6O5. The topological polar surface area (TPSA) is 93.4 Å². The first-order valence-corrected chi connectivity index (χ1v) is 15.1. The maximum Gasteiger partial charge on any atom is 0.410 e. The number of ether oxygens (including phenoxy) is 4. The second-order valence-corrected chi connectivity index (χ2v) is 11.7.